The lowest BCUT2D eigenvalue weighted by Gasteiger charge is -2.09. The van der Waals surface area contributed by atoms with Crippen molar-refractivity contribution in [1.29, 1.82) is 0 Å². The van der Waals surface area contributed by atoms with E-state index in [9.17, 15) is 9.90 Å². The molecule has 3 aromatic carbocycles. The normalized spacial score (nSPS) is 10.9. The predicted octanol–water partition coefficient (Wildman–Crippen LogP) is 6.34. The molecule has 0 fully saturated rings. The molecular formula is C26H19N3O2S. The topological polar surface area (TPSA) is 68.0 Å². The Morgan fingerprint density at radius 1 is 0.844 bits per heavy atom. The molecule has 1 N–H and O–H groups in total. The fourth-order valence-electron chi connectivity index (χ4n) is 3.78. The van der Waals surface area contributed by atoms with Crippen molar-refractivity contribution in [2.45, 2.75) is 6.92 Å². The van der Waals surface area contributed by atoms with E-state index in [1.54, 1.807) is 10.1 Å². The van der Waals surface area contributed by atoms with Crippen molar-refractivity contribution in [3.05, 3.63) is 102 Å². The first kappa shape index (κ1) is 19.9. The Morgan fingerprint density at radius 3 is 2.12 bits per heavy atom. The lowest BCUT2D eigenvalue weighted by Crippen LogP contribution is -2.02. The van der Waals surface area contributed by atoms with Crippen LogP contribution in [0.1, 0.15) is 16.1 Å². The van der Waals surface area contributed by atoms with Gasteiger partial charge in [-0.25, -0.2) is 14.5 Å². The number of carboxylic acid groups (broad SMARTS) is 1. The van der Waals surface area contributed by atoms with Crippen LogP contribution in [0.3, 0.4) is 0 Å². The molecule has 0 amide bonds. The van der Waals surface area contributed by atoms with Gasteiger partial charge in [0.05, 0.1) is 11.4 Å². The summed E-state index contributed by atoms with van der Waals surface area (Å²) in [6.07, 6.45) is 0. The maximum absolute atomic E-state index is 11.4. The van der Waals surface area contributed by atoms with Crippen molar-refractivity contribution >= 4 is 17.3 Å². The van der Waals surface area contributed by atoms with Gasteiger partial charge in [0.1, 0.15) is 0 Å². The van der Waals surface area contributed by atoms with E-state index in [0.717, 1.165) is 39.2 Å². The average Bonchev–Trinajstić information content (AvgIpc) is 3.45. The van der Waals surface area contributed by atoms with E-state index in [2.05, 4.69) is 29.2 Å². The Morgan fingerprint density at radius 2 is 1.47 bits per heavy atom. The zero-order valence-electron chi connectivity index (χ0n) is 17.3. The molecule has 5 aromatic rings. The highest BCUT2D eigenvalue weighted by atomic mass is 32.1. The highest BCUT2D eigenvalue weighted by molar-refractivity contribution is 7.12. The summed E-state index contributed by atoms with van der Waals surface area (Å²) < 4.78 is 1.76. The first-order valence-corrected chi connectivity index (χ1v) is 11.0. The molecule has 0 radical (unpaired) electrons. The molecule has 5 nitrogen and oxygen atoms in total. The van der Waals surface area contributed by atoms with Gasteiger partial charge >= 0.3 is 5.97 Å². The number of nitrogens with zero attached hydrogens (tertiary/aromatic N) is 3. The fourth-order valence-corrected chi connectivity index (χ4v) is 4.53. The van der Waals surface area contributed by atoms with Gasteiger partial charge in [0.15, 0.2) is 5.69 Å². The van der Waals surface area contributed by atoms with E-state index < -0.39 is 5.97 Å². The second-order valence-electron chi connectivity index (χ2n) is 7.37. The van der Waals surface area contributed by atoms with E-state index in [1.807, 2.05) is 67.6 Å². The van der Waals surface area contributed by atoms with Gasteiger partial charge in [-0.05, 0) is 24.1 Å². The van der Waals surface area contributed by atoms with Crippen LogP contribution in [0.4, 0.5) is 0 Å². The maximum atomic E-state index is 11.4. The largest absolute Gasteiger partial charge is 0.476 e. The number of aromatic carboxylic acids is 1. The van der Waals surface area contributed by atoms with Crippen LogP contribution in [0, 0.1) is 6.92 Å². The Balaban J connectivity index is 1.72. The number of carboxylic acids is 1. The number of hydrogen-bond acceptors (Lipinski definition) is 4. The Hall–Kier alpha value is -4.03. The zero-order valence-corrected chi connectivity index (χ0v) is 18.1. The lowest BCUT2D eigenvalue weighted by atomic mass is 9.99. The lowest BCUT2D eigenvalue weighted by molar-refractivity contribution is 0.0691. The summed E-state index contributed by atoms with van der Waals surface area (Å²) in [5.41, 5.74) is 6.98. The second-order valence-corrected chi connectivity index (χ2v) is 8.20. The van der Waals surface area contributed by atoms with Crippen LogP contribution >= 0.6 is 11.3 Å². The van der Waals surface area contributed by atoms with E-state index in [4.69, 9.17) is 5.10 Å². The molecule has 2 aromatic heterocycles. The number of aromatic nitrogens is 3. The molecule has 6 heteroatoms. The minimum Gasteiger partial charge on any atom is -0.476 e. The van der Waals surface area contributed by atoms with Gasteiger partial charge in [-0.3, -0.25) is 0 Å². The second kappa shape index (κ2) is 8.24. The molecule has 2 heterocycles. The smallest absolute Gasteiger partial charge is 0.355 e. The van der Waals surface area contributed by atoms with Crippen molar-refractivity contribution in [3.8, 4) is 38.8 Å². The fraction of sp³-hybridized carbons (Fsp3) is 0.0385. The summed E-state index contributed by atoms with van der Waals surface area (Å²) in [6, 6.07) is 28.5. The molecule has 0 saturated heterocycles. The van der Waals surface area contributed by atoms with Gasteiger partial charge in [-0.1, -0.05) is 78.9 Å². The maximum Gasteiger partial charge on any atom is 0.355 e. The molecule has 0 aliphatic carbocycles. The third-order valence-electron chi connectivity index (χ3n) is 5.30. The molecule has 0 aliphatic heterocycles. The van der Waals surface area contributed by atoms with Crippen LogP contribution in [0.25, 0.3) is 38.8 Å². The van der Waals surface area contributed by atoms with Crippen molar-refractivity contribution in [2.75, 3.05) is 0 Å². The molecule has 5 rings (SSSR count). The molecule has 0 saturated carbocycles. The molecule has 156 valence electrons. The van der Waals surface area contributed by atoms with Gasteiger partial charge in [0.2, 0.25) is 5.13 Å². The van der Waals surface area contributed by atoms with Gasteiger partial charge in [-0.2, -0.15) is 5.10 Å². The number of carbonyl (C=O) groups is 1. The van der Waals surface area contributed by atoms with Gasteiger partial charge in [0.25, 0.3) is 0 Å². The van der Waals surface area contributed by atoms with E-state index in [-0.39, 0.29) is 5.69 Å². The van der Waals surface area contributed by atoms with Gasteiger partial charge in [0, 0.05) is 22.1 Å². The van der Waals surface area contributed by atoms with E-state index in [0.29, 0.717) is 5.13 Å². The molecule has 0 atom stereocenters. The highest BCUT2D eigenvalue weighted by Gasteiger charge is 2.21. The zero-order chi connectivity index (χ0) is 22.1. The predicted molar refractivity (Wildman–Crippen MR) is 127 cm³/mol. The molecule has 0 bridgehead atoms. The molecule has 0 unspecified atom stereocenters. The summed E-state index contributed by atoms with van der Waals surface area (Å²) in [4.78, 5) is 15.7. The quantitative estimate of drug-likeness (QED) is 0.348. The summed E-state index contributed by atoms with van der Waals surface area (Å²) in [6.45, 7) is 2.04. The van der Waals surface area contributed by atoms with E-state index >= 15 is 0 Å². The minimum atomic E-state index is -1.05. The van der Waals surface area contributed by atoms with Crippen molar-refractivity contribution in [2.24, 2.45) is 0 Å². The number of benzene rings is 3. The molecule has 0 spiro atoms. The Kier molecular flexibility index (Phi) is 5.13. The molecular weight excluding hydrogens is 418 g/mol. The number of rotatable bonds is 5. The van der Waals surface area contributed by atoms with Crippen molar-refractivity contribution in [3.63, 3.8) is 0 Å². The number of thiazole rings is 1. The third-order valence-corrected chi connectivity index (χ3v) is 6.12. The van der Waals surface area contributed by atoms with Crippen LogP contribution in [-0.4, -0.2) is 25.8 Å². The summed E-state index contributed by atoms with van der Waals surface area (Å²) >= 11 is 1.27. The number of hydrogen-bond donors (Lipinski definition) is 1. The molecule has 32 heavy (non-hydrogen) atoms. The van der Waals surface area contributed by atoms with Crippen LogP contribution < -0.4 is 0 Å². The molecule has 0 aliphatic rings. The summed E-state index contributed by atoms with van der Waals surface area (Å²) in [5.74, 6) is -1.05. The average molecular weight is 438 g/mol. The monoisotopic (exact) mass is 437 g/mol. The van der Waals surface area contributed by atoms with Crippen molar-refractivity contribution in [1.82, 2.24) is 14.8 Å². The highest BCUT2D eigenvalue weighted by Crippen LogP contribution is 2.36. The van der Waals surface area contributed by atoms with Crippen LogP contribution in [0.2, 0.25) is 0 Å². The van der Waals surface area contributed by atoms with Crippen LogP contribution in [-0.2, 0) is 0 Å². The van der Waals surface area contributed by atoms with Crippen LogP contribution in [0.15, 0.2) is 90.3 Å². The Labute approximate surface area is 189 Å². The summed E-state index contributed by atoms with van der Waals surface area (Å²) in [5, 5.41) is 16.3. The summed E-state index contributed by atoms with van der Waals surface area (Å²) in [7, 11) is 0. The van der Waals surface area contributed by atoms with Gasteiger partial charge in [-0.15, -0.1) is 11.3 Å². The van der Waals surface area contributed by atoms with Crippen LogP contribution in [0.5, 0.6) is 0 Å². The first-order valence-electron chi connectivity index (χ1n) is 10.1. The van der Waals surface area contributed by atoms with E-state index in [1.165, 1.54) is 11.3 Å². The third kappa shape index (κ3) is 3.61. The standard InChI is InChI=1S/C26H19N3O2S/c1-17-23(19-11-6-3-7-12-19)28-29(26-27-22(16-32-26)25(30)31)24(17)21-14-8-13-20(15-21)18-9-4-2-5-10-18/h2-16H,1H3,(H,30,31). The van der Waals surface area contributed by atoms with Crippen molar-refractivity contribution < 1.29 is 9.90 Å². The Bertz CT molecular complexity index is 1410. The first-order chi connectivity index (χ1) is 15.6. The van der Waals surface area contributed by atoms with Gasteiger partial charge < -0.3 is 5.11 Å². The minimum absolute atomic E-state index is 0.0170. The SMILES string of the molecule is Cc1c(-c2ccccc2)nn(-c2nc(C(=O)O)cs2)c1-c1cccc(-c2ccccc2)c1.